The van der Waals surface area contributed by atoms with Crippen molar-refractivity contribution in [2.24, 2.45) is 5.41 Å². The first-order valence-corrected chi connectivity index (χ1v) is 7.47. The van der Waals surface area contributed by atoms with Crippen molar-refractivity contribution in [3.8, 4) is 0 Å². The van der Waals surface area contributed by atoms with E-state index in [9.17, 15) is 9.59 Å². The molecule has 0 aliphatic carbocycles. The fourth-order valence-electron chi connectivity index (χ4n) is 2.28. The molecular weight excluding hydrogens is 276 g/mol. The Morgan fingerprint density at radius 2 is 1.68 bits per heavy atom. The van der Waals surface area contributed by atoms with Gasteiger partial charge in [0.1, 0.15) is 0 Å². The Balaban J connectivity index is 2.53. The first-order valence-electron chi connectivity index (χ1n) is 7.47. The van der Waals surface area contributed by atoms with E-state index < -0.39 is 5.41 Å². The highest BCUT2D eigenvalue weighted by molar-refractivity contribution is 5.96. The summed E-state index contributed by atoms with van der Waals surface area (Å²) in [6.07, 6.45) is 0. The minimum Gasteiger partial charge on any atom is -0.326 e. The third-order valence-corrected chi connectivity index (χ3v) is 3.59. The number of amides is 1. The van der Waals surface area contributed by atoms with Crippen LogP contribution in [0, 0.1) is 5.41 Å². The van der Waals surface area contributed by atoms with Crippen LogP contribution in [0.2, 0.25) is 0 Å². The molecule has 0 radical (unpaired) electrons. The first-order chi connectivity index (χ1) is 9.98. The molecule has 0 aliphatic heterocycles. The van der Waals surface area contributed by atoms with Crippen LogP contribution >= 0.6 is 0 Å². The predicted octanol–water partition coefficient (Wildman–Crippen LogP) is 3.81. The average Bonchev–Trinajstić information content (AvgIpc) is 2.35. The maximum atomic E-state index is 12.1. The number of pyridine rings is 1. The minimum atomic E-state index is -0.463. The molecule has 0 atom stereocenters. The summed E-state index contributed by atoms with van der Waals surface area (Å²) in [4.78, 5) is 26.8. The van der Waals surface area contributed by atoms with Gasteiger partial charge in [-0.1, -0.05) is 47.6 Å². The summed E-state index contributed by atoms with van der Waals surface area (Å²) < 4.78 is 0. The number of aromatic nitrogens is 1. The van der Waals surface area contributed by atoms with Gasteiger partial charge in [-0.3, -0.25) is 9.59 Å². The molecular formula is C18H24N2O2. The van der Waals surface area contributed by atoms with E-state index in [0.717, 1.165) is 16.5 Å². The van der Waals surface area contributed by atoms with Crippen molar-refractivity contribution < 1.29 is 4.79 Å². The van der Waals surface area contributed by atoms with Crippen molar-refractivity contribution in [2.75, 3.05) is 5.32 Å². The van der Waals surface area contributed by atoms with Crippen LogP contribution in [0.15, 0.2) is 29.1 Å². The summed E-state index contributed by atoms with van der Waals surface area (Å²) in [7, 11) is 0. The zero-order chi connectivity index (χ0) is 16.7. The van der Waals surface area contributed by atoms with Crippen LogP contribution in [-0.2, 0) is 10.2 Å². The van der Waals surface area contributed by atoms with Crippen molar-refractivity contribution >= 4 is 22.5 Å². The van der Waals surface area contributed by atoms with Gasteiger partial charge in [-0.15, -0.1) is 0 Å². The number of benzene rings is 1. The van der Waals surface area contributed by atoms with Crippen LogP contribution < -0.4 is 10.9 Å². The number of carbonyl (C=O) groups is 1. The predicted molar refractivity (Wildman–Crippen MR) is 91.4 cm³/mol. The van der Waals surface area contributed by atoms with E-state index in [1.54, 1.807) is 6.07 Å². The number of fused-ring (bicyclic) bond motifs is 1. The molecule has 118 valence electrons. The monoisotopic (exact) mass is 300 g/mol. The van der Waals surface area contributed by atoms with Crippen LogP contribution in [0.4, 0.5) is 5.69 Å². The molecule has 2 aromatic rings. The summed E-state index contributed by atoms with van der Waals surface area (Å²) in [5, 5.41) is 3.89. The van der Waals surface area contributed by atoms with Crippen LogP contribution in [0.5, 0.6) is 0 Å². The number of rotatable bonds is 1. The quantitative estimate of drug-likeness (QED) is 0.841. The van der Waals surface area contributed by atoms with Gasteiger partial charge in [0.05, 0.1) is 5.52 Å². The van der Waals surface area contributed by atoms with Crippen molar-refractivity contribution in [3.05, 3.63) is 40.2 Å². The lowest BCUT2D eigenvalue weighted by Crippen LogP contribution is -2.27. The van der Waals surface area contributed by atoms with Gasteiger partial charge in [0, 0.05) is 22.6 Å². The normalized spacial score (nSPS) is 12.5. The Labute approximate surface area is 130 Å². The van der Waals surface area contributed by atoms with Gasteiger partial charge in [0.15, 0.2) is 0 Å². The molecule has 0 saturated heterocycles. The lowest BCUT2D eigenvalue weighted by Gasteiger charge is -2.21. The van der Waals surface area contributed by atoms with Crippen molar-refractivity contribution in [1.29, 1.82) is 0 Å². The molecule has 4 nitrogen and oxygen atoms in total. The topological polar surface area (TPSA) is 62.0 Å². The SMILES string of the molecule is CC(C)(C)C(=O)Nc1ccc2c(C(C)(C)C)cc(=O)[nH]c2c1. The Bertz CT molecular complexity index is 774. The van der Waals surface area contributed by atoms with Gasteiger partial charge in [-0.05, 0) is 23.1 Å². The lowest BCUT2D eigenvalue weighted by molar-refractivity contribution is -0.123. The number of hydrogen-bond donors (Lipinski definition) is 2. The molecule has 0 aliphatic rings. The van der Waals surface area contributed by atoms with Crippen LogP contribution in [0.3, 0.4) is 0 Å². The number of nitrogens with one attached hydrogen (secondary N) is 2. The number of anilines is 1. The smallest absolute Gasteiger partial charge is 0.248 e. The second-order valence-electron chi connectivity index (χ2n) is 7.76. The second kappa shape index (κ2) is 5.27. The molecule has 1 heterocycles. The molecule has 1 amide bonds. The van der Waals surface area contributed by atoms with E-state index >= 15 is 0 Å². The van der Waals surface area contributed by atoms with Crippen LogP contribution in [0.25, 0.3) is 10.9 Å². The van der Waals surface area contributed by atoms with E-state index in [2.05, 4.69) is 31.1 Å². The van der Waals surface area contributed by atoms with Crippen molar-refractivity contribution in [2.45, 2.75) is 47.0 Å². The van der Waals surface area contributed by atoms with E-state index in [1.807, 2.05) is 39.0 Å². The van der Waals surface area contributed by atoms with Gasteiger partial charge >= 0.3 is 0 Å². The van der Waals surface area contributed by atoms with Crippen LogP contribution in [0.1, 0.15) is 47.1 Å². The fraction of sp³-hybridized carbons (Fsp3) is 0.444. The van der Waals surface area contributed by atoms with E-state index in [0.29, 0.717) is 5.69 Å². The summed E-state index contributed by atoms with van der Waals surface area (Å²) in [5.41, 5.74) is 1.72. The molecule has 1 aromatic heterocycles. The zero-order valence-electron chi connectivity index (χ0n) is 14.1. The van der Waals surface area contributed by atoms with Crippen molar-refractivity contribution in [3.63, 3.8) is 0 Å². The number of carbonyl (C=O) groups excluding carboxylic acids is 1. The molecule has 2 rings (SSSR count). The highest BCUT2D eigenvalue weighted by atomic mass is 16.2. The van der Waals surface area contributed by atoms with E-state index in [-0.39, 0.29) is 16.9 Å². The Kier molecular flexibility index (Phi) is 3.90. The second-order valence-corrected chi connectivity index (χ2v) is 7.76. The van der Waals surface area contributed by atoms with Gasteiger partial charge in [0.25, 0.3) is 0 Å². The first kappa shape index (κ1) is 16.3. The standard InChI is InChI=1S/C18H24N2O2/c1-17(2,3)13-10-15(21)20-14-9-11(7-8-12(13)14)19-16(22)18(4,5)6/h7-10H,1-6H3,(H,19,22)(H,20,21). The number of hydrogen-bond acceptors (Lipinski definition) is 2. The maximum absolute atomic E-state index is 12.1. The molecule has 1 aromatic carbocycles. The molecule has 0 spiro atoms. The van der Waals surface area contributed by atoms with Gasteiger partial charge in [-0.2, -0.15) is 0 Å². The highest BCUT2D eigenvalue weighted by Gasteiger charge is 2.22. The van der Waals surface area contributed by atoms with Gasteiger partial charge in [-0.25, -0.2) is 0 Å². The molecule has 0 saturated carbocycles. The van der Waals surface area contributed by atoms with Crippen molar-refractivity contribution in [1.82, 2.24) is 4.98 Å². The molecule has 0 bridgehead atoms. The van der Waals surface area contributed by atoms with Gasteiger partial charge < -0.3 is 10.3 Å². The third kappa shape index (κ3) is 3.38. The number of H-pyrrole nitrogens is 1. The largest absolute Gasteiger partial charge is 0.326 e. The van der Waals surface area contributed by atoms with E-state index in [1.165, 1.54) is 0 Å². The molecule has 4 heteroatoms. The Morgan fingerprint density at radius 1 is 1.05 bits per heavy atom. The molecule has 2 N–H and O–H groups in total. The van der Waals surface area contributed by atoms with Gasteiger partial charge in [0.2, 0.25) is 11.5 Å². The summed E-state index contributed by atoms with van der Waals surface area (Å²) in [6.45, 7) is 11.8. The lowest BCUT2D eigenvalue weighted by atomic mass is 9.85. The zero-order valence-corrected chi connectivity index (χ0v) is 14.1. The van der Waals surface area contributed by atoms with Crippen LogP contribution in [-0.4, -0.2) is 10.9 Å². The Hall–Kier alpha value is -2.10. The maximum Gasteiger partial charge on any atom is 0.248 e. The summed E-state index contributed by atoms with van der Waals surface area (Å²) >= 11 is 0. The highest BCUT2D eigenvalue weighted by Crippen LogP contribution is 2.29. The minimum absolute atomic E-state index is 0.0545. The Morgan fingerprint density at radius 3 is 2.23 bits per heavy atom. The molecule has 0 fully saturated rings. The average molecular weight is 300 g/mol. The van der Waals surface area contributed by atoms with E-state index in [4.69, 9.17) is 0 Å². The fourth-order valence-corrected chi connectivity index (χ4v) is 2.28. The molecule has 22 heavy (non-hydrogen) atoms. The summed E-state index contributed by atoms with van der Waals surface area (Å²) in [6, 6.07) is 7.29. The summed E-state index contributed by atoms with van der Waals surface area (Å²) in [5.74, 6) is -0.0545. The number of aromatic amines is 1. The molecule has 0 unspecified atom stereocenters. The third-order valence-electron chi connectivity index (χ3n) is 3.59.